The second-order valence-electron chi connectivity index (χ2n) is 5.72. The molecule has 5 nitrogen and oxygen atoms in total. The van der Waals surface area contributed by atoms with Crippen LogP contribution in [0.4, 0.5) is 0 Å². The molecule has 22 heavy (non-hydrogen) atoms. The molecule has 2 unspecified atom stereocenters. The van der Waals surface area contributed by atoms with Gasteiger partial charge in [0.25, 0.3) is 0 Å². The number of aliphatic hydroxyl groups excluding tert-OH is 1. The third-order valence-corrected chi connectivity index (χ3v) is 4.50. The van der Waals surface area contributed by atoms with Crippen LogP contribution in [0.15, 0.2) is 24.3 Å². The van der Waals surface area contributed by atoms with Crippen LogP contribution in [0.3, 0.4) is 0 Å². The minimum atomic E-state index is -1.10. The first-order chi connectivity index (χ1) is 10.4. The Bertz CT molecular complexity index is 538. The number of aliphatic hydroxyl groups is 1. The standard InChI is InChI=1S/C16H20ClNO4/c1-10(16(21)22)15(20)18-8-6-12(7-9-18)14(19)11-2-4-13(17)5-3-11/h2-5,10,12,14,19H,6-9H2,1H3,(H,21,22). The highest BCUT2D eigenvalue weighted by Gasteiger charge is 2.32. The Hall–Kier alpha value is -1.59. The van der Waals surface area contributed by atoms with Crippen molar-refractivity contribution in [3.63, 3.8) is 0 Å². The van der Waals surface area contributed by atoms with E-state index in [1.54, 1.807) is 29.2 Å². The van der Waals surface area contributed by atoms with E-state index in [2.05, 4.69) is 0 Å². The summed E-state index contributed by atoms with van der Waals surface area (Å²) in [5.41, 5.74) is 0.813. The van der Waals surface area contributed by atoms with Crippen LogP contribution in [0.5, 0.6) is 0 Å². The van der Waals surface area contributed by atoms with Crippen LogP contribution in [0, 0.1) is 11.8 Å². The summed E-state index contributed by atoms with van der Waals surface area (Å²) in [4.78, 5) is 24.4. The molecule has 120 valence electrons. The molecule has 1 aliphatic heterocycles. The van der Waals surface area contributed by atoms with E-state index in [0.717, 1.165) is 5.56 Å². The summed E-state index contributed by atoms with van der Waals surface area (Å²) in [6, 6.07) is 7.09. The zero-order valence-corrected chi connectivity index (χ0v) is 13.2. The van der Waals surface area contributed by atoms with Gasteiger partial charge in [-0.1, -0.05) is 23.7 Å². The normalized spacial score (nSPS) is 18.8. The molecule has 0 spiro atoms. The topological polar surface area (TPSA) is 77.8 Å². The molecule has 1 heterocycles. The summed E-state index contributed by atoms with van der Waals surface area (Å²) < 4.78 is 0. The van der Waals surface area contributed by atoms with E-state index in [-0.39, 0.29) is 11.8 Å². The van der Waals surface area contributed by atoms with E-state index in [9.17, 15) is 14.7 Å². The average molecular weight is 326 g/mol. The van der Waals surface area contributed by atoms with Gasteiger partial charge in [-0.05, 0) is 43.4 Å². The molecule has 1 amide bonds. The van der Waals surface area contributed by atoms with Crippen LogP contribution in [-0.4, -0.2) is 40.1 Å². The van der Waals surface area contributed by atoms with Crippen molar-refractivity contribution in [2.45, 2.75) is 25.9 Å². The summed E-state index contributed by atoms with van der Waals surface area (Å²) in [7, 11) is 0. The Morgan fingerprint density at radius 1 is 1.23 bits per heavy atom. The fraction of sp³-hybridized carbons (Fsp3) is 0.500. The first kappa shape index (κ1) is 16.8. The highest BCUT2D eigenvalue weighted by molar-refractivity contribution is 6.30. The molecule has 6 heteroatoms. The molecule has 1 aromatic carbocycles. The van der Waals surface area contributed by atoms with Crippen LogP contribution in [0.2, 0.25) is 5.02 Å². The fourth-order valence-electron chi connectivity index (χ4n) is 2.75. The van der Waals surface area contributed by atoms with E-state index < -0.39 is 18.0 Å². The number of likely N-dealkylation sites (tertiary alicyclic amines) is 1. The van der Waals surface area contributed by atoms with Gasteiger partial charge in [0.05, 0.1) is 6.10 Å². The number of carbonyl (C=O) groups excluding carboxylic acids is 1. The number of hydrogen-bond acceptors (Lipinski definition) is 3. The maximum absolute atomic E-state index is 12.0. The van der Waals surface area contributed by atoms with Crippen LogP contribution < -0.4 is 0 Å². The van der Waals surface area contributed by atoms with Crippen molar-refractivity contribution in [3.8, 4) is 0 Å². The maximum atomic E-state index is 12.0. The molecule has 0 radical (unpaired) electrons. The number of rotatable bonds is 4. The molecule has 2 rings (SSSR count). The molecule has 0 aromatic heterocycles. The number of benzene rings is 1. The first-order valence-corrected chi connectivity index (χ1v) is 7.73. The lowest BCUT2D eigenvalue weighted by Crippen LogP contribution is -2.43. The van der Waals surface area contributed by atoms with Crippen molar-refractivity contribution < 1.29 is 19.8 Å². The summed E-state index contributed by atoms with van der Waals surface area (Å²) in [5.74, 6) is -2.41. The Morgan fingerprint density at radius 2 is 1.77 bits per heavy atom. The van der Waals surface area contributed by atoms with Crippen LogP contribution in [0.1, 0.15) is 31.4 Å². The smallest absolute Gasteiger partial charge is 0.315 e. The number of halogens is 1. The molecule has 0 bridgehead atoms. The third kappa shape index (κ3) is 3.78. The zero-order valence-electron chi connectivity index (χ0n) is 12.4. The van der Waals surface area contributed by atoms with Crippen molar-refractivity contribution in [2.75, 3.05) is 13.1 Å². The largest absolute Gasteiger partial charge is 0.481 e. The van der Waals surface area contributed by atoms with E-state index in [1.165, 1.54) is 6.92 Å². The van der Waals surface area contributed by atoms with Gasteiger partial charge < -0.3 is 15.1 Å². The van der Waals surface area contributed by atoms with Crippen molar-refractivity contribution in [1.82, 2.24) is 4.90 Å². The van der Waals surface area contributed by atoms with Crippen molar-refractivity contribution >= 4 is 23.5 Å². The number of piperidine rings is 1. The van der Waals surface area contributed by atoms with Gasteiger partial charge in [-0.15, -0.1) is 0 Å². The number of nitrogens with zero attached hydrogens (tertiary/aromatic N) is 1. The predicted molar refractivity (Wildman–Crippen MR) is 82.5 cm³/mol. The highest BCUT2D eigenvalue weighted by Crippen LogP contribution is 2.31. The number of carbonyl (C=O) groups is 2. The number of aliphatic carboxylic acids is 1. The van der Waals surface area contributed by atoms with Gasteiger partial charge >= 0.3 is 5.97 Å². The van der Waals surface area contributed by atoms with Gasteiger partial charge in [0.2, 0.25) is 5.91 Å². The monoisotopic (exact) mass is 325 g/mol. The Kier molecular flexibility index (Phi) is 5.42. The molecule has 1 fully saturated rings. The summed E-state index contributed by atoms with van der Waals surface area (Å²) in [6.07, 6.45) is 0.718. The Balaban J connectivity index is 1.93. The highest BCUT2D eigenvalue weighted by atomic mass is 35.5. The summed E-state index contributed by atoms with van der Waals surface area (Å²) in [6.45, 7) is 2.36. The number of carboxylic acid groups (broad SMARTS) is 1. The minimum Gasteiger partial charge on any atom is -0.481 e. The molecular weight excluding hydrogens is 306 g/mol. The van der Waals surface area contributed by atoms with Crippen molar-refractivity contribution in [1.29, 1.82) is 0 Å². The van der Waals surface area contributed by atoms with E-state index >= 15 is 0 Å². The Morgan fingerprint density at radius 3 is 2.27 bits per heavy atom. The molecule has 0 aliphatic carbocycles. The molecule has 1 aliphatic rings. The van der Waals surface area contributed by atoms with Gasteiger partial charge in [-0.3, -0.25) is 9.59 Å². The quantitative estimate of drug-likeness (QED) is 0.833. The average Bonchev–Trinajstić information content (AvgIpc) is 2.53. The molecule has 1 aromatic rings. The third-order valence-electron chi connectivity index (χ3n) is 4.25. The number of carboxylic acids is 1. The lowest BCUT2D eigenvalue weighted by Gasteiger charge is -2.35. The molecule has 2 N–H and O–H groups in total. The number of hydrogen-bond donors (Lipinski definition) is 2. The van der Waals surface area contributed by atoms with Gasteiger partial charge in [0.15, 0.2) is 0 Å². The Labute approximate surface area is 134 Å². The molecular formula is C16H20ClNO4. The second-order valence-corrected chi connectivity index (χ2v) is 6.16. The lowest BCUT2D eigenvalue weighted by atomic mass is 9.87. The molecule has 1 saturated heterocycles. The minimum absolute atomic E-state index is 0.0605. The van der Waals surface area contributed by atoms with Crippen molar-refractivity contribution in [2.24, 2.45) is 11.8 Å². The maximum Gasteiger partial charge on any atom is 0.315 e. The van der Waals surface area contributed by atoms with Crippen LogP contribution >= 0.6 is 11.6 Å². The van der Waals surface area contributed by atoms with Gasteiger partial charge in [-0.25, -0.2) is 0 Å². The van der Waals surface area contributed by atoms with Gasteiger partial charge in [-0.2, -0.15) is 0 Å². The van der Waals surface area contributed by atoms with E-state index in [1.807, 2.05) is 0 Å². The van der Waals surface area contributed by atoms with Crippen molar-refractivity contribution in [3.05, 3.63) is 34.9 Å². The predicted octanol–water partition coefficient (Wildman–Crippen LogP) is 2.33. The molecule has 0 saturated carbocycles. The van der Waals surface area contributed by atoms with Gasteiger partial charge in [0, 0.05) is 18.1 Å². The van der Waals surface area contributed by atoms with Crippen LogP contribution in [0.25, 0.3) is 0 Å². The zero-order chi connectivity index (χ0) is 16.3. The summed E-state index contributed by atoms with van der Waals surface area (Å²) in [5, 5.41) is 19.9. The van der Waals surface area contributed by atoms with E-state index in [4.69, 9.17) is 16.7 Å². The second kappa shape index (κ2) is 7.11. The SMILES string of the molecule is CC(C(=O)O)C(=O)N1CCC(C(O)c2ccc(Cl)cc2)CC1. The lowest BCUT2D eigenvalue weighted by molar-refractivity contribution is -0.151. The fourth-order valence-corrected chi connectivity index (χ4v) is 2.87. The van der Waals surface area contributed by atoms with E-state index in [0.29, 0.717) is 31.0 Å². The van der Waals surface area contributed by atoms with Gasteiger partial charge in [0.1, 0.15) is 5.92 Å². The first-order valence-electron chi connectivity index (χ1n) is 7.35. The van der Waals surface area contributed by atoms with Crippen LogP contribution in [-0.2, 0) is 9.59 Å². The summed E-state index contributed by atoms with van der Waals surface area (Å²) >= 11 is 5.84. The number of amides is 1. The molecule has 2 atom stereocenters.